The van der Waals surface area contributed by atoms with Gasteiger partial charge in [0.2, 0.25) is 0 Å². The lowest BCUT2D eigenvalue weighted by molar-refractivity contribution is -0.274. The minimum absolute atomic E-state index is 0.150. The molecule has 0 amide bonds. The maximum Gasteiger partial charge on any atom is 0.573 e. The van der Waals surface area contributed by atoms with Crippen LogP contribution in [0.1, 0.15) is 0 Å². The standard InChI is InChI=1S/C7H3ClF3O/c8-5-2-1-3-6(4-5)12-7(9,10)11/h2-4H. The van der Waals surface area contributed by atoms with Crippen molar-refractivity contribution < 1.29 is 17.9 Å². The second-order valence-electron chi connectivity index (χ2n) is 1.93. The largest absolute Gasteiger partial charge is 0.573 e. The van der Waals surface area contributed by atoms with Gasteiger partial charge in [-0.1, -0.05) is 11.6 Å². The van der Waals surface area contributed by atoms with Gasteiger partial charge in [0.15, 0.2) is 0 Å². The van der Waals surface area contributed by atoms with Crippen LogP contribution in [0.4, 0.5) is 13.2 Å². The van der Waals surface area contributed by atoms with E-state index in [1.165, 1.54) is 6.07 Å². The first-order valence-electron chi connectivity index (χ1n) is 2.90. The topological polar surface area (TPSA) is 9.23 Å². The Labute approximate surface area is 71.7 Å². The fraction of sp³-hybridized carbons (Fsp3) is 0.143. The van der Waals surface area contributed by atoms with Crippen LogP contribution in [0.15, 0.2) is 18.2 Å². The van der Waals surface area contributed by atoms with Crippen LogP contribution >= 0.6 is 11.6 Å². The fourth-order valence-electron chi connectivity index (χ4n) is 0.615. The highest BCUT2D eigenvalue weighted by atomic mass is 35.5. The van der Waals surface area contributed by atoms with E-state index < -0.39 is 6.36 Å². The third kappa shape index (κ3) is 3.00. The predicted octanol–water partition coefficient (Wildman–Crippen LogP) is 3.04. The summed E-state index contributed by atoms with van der Waals surface area (Å²) in [6.07, 6.45) is -4.68. The van der Waals surface area contributed by atoms with Crippen molar-refractivity contribution in [3.63, 3.8) is 0 Å². The smallest absolute Gasteiger partial charge is 0.406 e. The van der Waals surface area contributed by atoms with Gasteiger partial charge in [0.25, 0.3) is 0 Å². The highest BCUT2D eigenvalue weighted by molar-refractivity contribution is 6.30. The van der Waals surface area contributed by atoms with Gasteiger partial charge in [0.1, 0.15) is 5.75 Å². The van der Waals surface area contributed by atoms with Gasteiger partial charge in [-0.25, -0.2) is 0 Å². The van der Waals surface area contributed by atoms with Crippen molar-refractivity contribution in [1.82, 2.24) is 0 Å². The number of ether oxygens (including phenoxy) is 1. The Kier molecular flexibility index (Phi) is 2.47. The molecule has 1 radical (unpaired) electrons. The fourth-order valence-corrected chi connectivity index (χ4v) is 0.786. The zero-order valence-electron chi connectivity index (χ0n) is 5.65. The summed E-state index contributed by atoms with van der Waals surface area (Å²) in [4.78, 5) is 0. The van der Waals surface area contributed by atoms with E-state index in [1.54, 1.807) is 0 Å². The summed E-state index contributed by atoms with van der Waals surface area (Å²) in [6.45, 7) is 0. The lowest BCUT2D eigenvalue weighted by atomic mass is 10.3. The van der Waals surface area contributed by atoms with E-state index in [1.807, 2.05) is 0 Å². The molecule has 0 bridgehead atoms. The average molecular weight is 196 g/mol. The van der Waals surface area contributed by atoms with E-state index in [0.29, 0.717) is 0 Å². The Morgan fingerprint density at radius 3 is 2.50 bits per heavy atom. The summed E-state index contributed by atoms with van der Waals surface area (Å²) in [6, 6.07) is 5.85. The van der Waals surface area contributed by atoms with Crippen molar-refractivity contribution in [2.45, 2.75) is 6.36 Å². The summed E-state index contributed by atoms with van der Waals surface area (Å²) in [5.74, 6) is -0.366. The molecule has 5 heteroatoms. The van der Waals surface area contributed by atoms with Crippen molar-refractivity contribution >= 4 is 11.6 Å². The molecule has 0 spiro atoms. The zero-order valence-corrected chi connectivity index (χ0v) is 6.41. The number of alkyl halides is 3. The minimum atomic E-state index is -4.68. The van der Waals surface area contributed by atoms with Gasteiger partial charge in [-0.15, -0.1) is 13.2 Å². The van der Waals surface area contributed by atoms with Gasteiger partial charge in [0.05, 0.1) is 0 Å². The molecule has 1 rings (SSSR count). The molecule has 12 heavy (non-hydrogen) atoms. The highest BCUT2D eigenvalue weighted by Crippen LogP contribution is 2.24. The molecular weight excluding hydrogens is 193 g/mol. The normalized spacial score (nSPS) is 11.3. The molecule has 0 aromatic heterocycles. The number of hydrogen-bond acceptors (Lipinski definition) is 1. The van der Waals surface area contributed by atoms with Crippen LogP contribution in [-0.2, 0) is 0 Å². The van der Waals surface area contributed by atoms with Crippen LogP contribution in [0.3, 0.4) is 0 Å². The highest BCUT2D eigenvalue weighted by Gasteiger charge is 2.30. The third-order valence-corrected chi connectivity index (χ3v) is 1.18. The van der Waals surface area contributed by atoms with Gasteiger partial charge >= 0.3 is 6.36 Å². The SMILES string of the molecule is FC(F)(F)Oc1c[c]cc(Cl)c1. The molecule has 0 aliphatic heterocycles. The van der Waals surface area contributed by atoms with Crippen LogP contribution in [-0.4, -0.2) is 6.36 Å². The lowest BCUT2D eigenvalue weighted by Gasteiger charge is -2.07. The van der Waals surface area contributed by atoms with Gasteiger partial charge in [-0.2, -0.15) is 0 Å². The molecule has 0 aliphatic rings. The first-order chi connectivity index (χ1) is 5.47. The molecule has 0 atom stereocenters. The maximum atomic E-state index is 11.6. The Morgan fingerprint density at radius 1 is 1.33 bits per heavy atom. The van der Waals surface area contributed by atoms with Crippen LogP contribution in [0.5, 0.6) is 5.75 Å². The molecule has 65 valence electrons. The third-order valence-electron chi connectivity index (χ3n) is 0.961. The van der Waals surface area contributed by atoms with Crippen molar-refractivity contribution in [3.05, 3.63) is 29.3 Å². The summed E-state index contributed by atoms with van der Waals surface area (Å²) in [5.41, 5.74) is 0. The van der Waals surface area contributed by atoms with E-state index in [2.05, 4.69) is 10.8 Å². The molecule has 1 aromatic carbocycles. The number of hydrogen-bond donors (Lipinski definition) is 0. The minimum Gasteiger partial charge on any atom is -0.406 e. The Morgan fingerprint density at radius 2 is 2.00 bits per heavy atom. The van der Waals surface area contributed by atoms with E-state index in [4.69, 9.17) is 11.6 Å². The van der Waals surface area contributed by atoms with Crippen LogP contribution in [0.2, 0.25) is 5.02 Å². The monoisotopic (exact) mass is 195 g/mol. The van der Waals surface area contributed by atoms with Crippen LogP contribution in [0, 0.1) is 6.07 Å². The Hall–Kier alpha value is -0.900. The molecule has 0 N–H and O–H groups in total. The van der Waals surface area contributed by atoms with Crippen LogP contribution < -0.4 is 4.74 Å². The second-order valence-corrected chi connectivity index (χ2v) is 2.37. The molecule has 0 saturated carbocycles. The predicted molar refractivity (Wildman–Crippen MR) is 37.0 cm³/mol. The molecule has 0 unspecified atom stereocenters. The summed E-state index contributed by atoms with van der Waals surface area (Å²) >= 11 is 5.40. The van der Waals surface area contributed by atoms with E-state index in [-0.39, 0.29) is 10.8 Å². The average Bonchev–Trinajstić information content (AvgIpc) is 1.82. The van der Waals surface area contributed by atoms with Crippen molar-refractivity contribution in [1.29, 1.82) is 0 Å². The zero-order chi connectivity index (χ0) is 9.19. The van der Waals surface area contributed by atoms with Gasteiger partial charge in [-0.05, 0) is 24.3 Å². The number of halogens is 4. The number of benzene rings is 1. The van der Waals surface area contributed by atoms with Crippen molar-refractivity contribution in [2.75, 3.05) is 0 Å². The Bertz CT molecular complexity index is 272. The molecule has 1 nitrogen and oxygen atoms in total. The summed E-state index contributed by atoms with van der Waals surface area (Å²) in [7, 11) is 0. The van der Waals surface area contributed by atoms with Crippen LogP contribution in [0.25, 0.3) is 0 Å². The lowest BCUT2D eigenvalue weighted by Crippen LogP contribution is -2.16. The van der Waals surface area contributed by atoms with Crippen molar-refractivity contribution in [3.8, 4) is 5.75 Å². The van der Waals surface area contributed by atoms with Gasteiger partial charge in [-0.3, -0.25) is 0 Å². The maximum absolute atomic E-state index is 11.6. The Balaban J connectivity index is 2.77. The van der Waals surface area contributed by atoms with Crippen molar-refractivity contribution in [2.24, 2.45) is 0 Å². The summed E-state index contributed by atoms with van der Waals surface area (Å²) < 4.78 is 38.3. The van der Waals surface area contributed by atoms with Gasteiger partial charge < -0.3 is 4.74 Å². The van der Waals surface area contributed by atoms with Gasteiger partial charge in [0, 0.05) is 5.02 Å². The second kappa shape index (κ2) is 3.23. The first kappa shape index (κ1) is 9.19. The summed E-state index contributed by atoms with van der Waals surface area (Å²) in [5, 5.41) is 0.150. The number of rotatable bonds is 1. The molecule has 0 saturated heterocycles. The van der Waals surface area contributed by atoms with E-state index in [0.717, 1.165) is 12.1 Å². The van der Waals surface area contributed by atoms with E-state index >= 15 is 0 Å². The molecule has 1 aromatic rings. The molecule has 0 aliphatic carbocycles. The molecular formula is C7H3ClF3O. The first-order valence-corrected chi connectivity index (χ1v) is 3.27. The van der Waals surface area contributed by atoms with E-state index in [9.17, 15) is 13.2 Å². The molecule has 0 heterocycles. The quantitative estimate of drug-likeness (QED) is 0.669. The molecule has 0 fully saturated rings.